The number of nitrogens with one attached hydrogen (secondary N) is 1. The molecule has 2 aromatic rings. The second kappa shape index (κ2) is 6.33. The van der Waals surface area contributed by atoms with E-state index in [-0.39, 0.29) is 17.0 Å². The fourth-order valence-corrected chi connectivity index (χ4v) is 1.84. The fourth-order valence-electron chi connectivity index (χ4n) is 1.84. The number of hydrogen-bond acceptors (Lipinski definition) is 4. The number of amides is 1. The lowest BCUT2D eigenvalue weighted by Crippen LogP contribution is -2.27. The van der Waals surface area contributed by atoms with E-state index in [0.717, 1.165) is 0 Å². The van der Waals surface area contributed by atoms with Crippen molar-refractivity contribution in [3.05, 3.63) is 65.2 Å². The van der Waals surface area contributed by atoms with E-state index in [1.54, 1.807) is 30.3 Å². The summed E-state index contributed by atoms with van der Waals surface area (Å²) in [4.78, 5) is 12.1. The molecular formula is C16H12N4O. The zero-order valence-corrected chi connectivity index (χ0v) is 11.1. The van der Waals surface area contributed by atoms with Gasteiger partial charge in [-0.25, -0.2) is 0 Å². The van der Waals surface area contributed by atoms with Crippen molar-refractivity contribution in [2.45, 2.75) is 6.04 Å². The highest BCUT2D eigenvalue weighted by molar-refractivity contribution is 5.95. The Morgan fingerprint density at radius 3 is 2.33 bits per heavy atom. The maximum Gasteiger partial charge on any atom is 0.245 e. The van der Waals surface area contributed by atoms with Crippen LogP contribution in [0.5, 0.6) is 0 Å². The summed E-state index contributed by atoms with van der Waals surface area (Å²) >= 11 is 0. The Balaban J connectivity index is 2.17. The molecule has 0 unspecified atom stereocenters. The summed E-state index contributed by atoms with van der Waals surface area (Å²) in [6.07, 6.45) is 0. The molecule has 3 N–H and O–H groups in total. The lowest BCUT2D eigenvalue weighted by molar-refractivity contribution is -0.117. The number of carbonyl (C=O) groups excluding carboxylic acids is 1. The van der Waals surface area contributed by atoms with Crippen LogP contribution in [0.3, 0.4) is 0 Å². The molecule has 1 atom stereocenters. The molecule has 0 spiro atoms. The molecule has 0 fully saturated rings. The molecule has 102 valence electrons. The summed E-state index contributed by atoms with van der Waals surface area (Å²) in [6.45, 7) is 0. The predicted octanol–water partition coefficient (Wildman–Crippen LogP) is 2.07. The summed E-state index contributed by atoms with van der Waals surface area (Å²) in [5, 5.41) is 20.4. The molecule has 2 aromatic carbocycles. The molecule has 0 heterocycles. The first-order valence-corrected chi connectivity index (χ1v) is 6.21. The molecule has 0 aliphatic carbocycles. The van der Waals surface area contributed by atoms with Crippen molar-refractivity contribution in [1.82, 2.24) is 0 Å². The van der Waals surface area contributed by atoms with Gasteiger partial charge in [0.1, 0.15) is 18.2 Å². The second-order valence-corrected chi connectivity index (χ2v) is 4.36. The van der Waals surface area contributed by atoms with Crippen LogP contribution < -0.4 is 11.1 Å². The summed E-state index contributed by atoms with van der Waals surface area (Å²) < 4.78 is 0. The number of nitrogens with zero attached hydrogens (tertiary/aromatic N) is 2. The summed E-state index contributed by atoms with van der Waals surface area (Å²) in [5.74, 6) is -0.380. The normalized spacial score (nSPS) is 11.0. The topological polar surface area (TPSA) is 103 Å². The Labute approximate surface area is 122 Å². The number of nitrogens with two attached hydrogens (primary N) is 1. The molecule has 0 aromatic heterocycles. The monoisotopic (exact) mass is 276 g/mol. The van der Waals surface area contributed by atoms with Crippen LogP contribution in [0.1, 0.15) is 22.7 Å². The van der Waals surface area contributed by atoms with Crippen molar-refractivity contribution < 1.29 is 4.79 Å². The molecule has 0 saturated heterocycles. The first-order valence-electron chi connectivity index (χ1n) is 6.21. The van der Waals surface area contributed by atoms with Crippen LogP contribution in [0.4, 0.5) is 5.69 Å². The lowest BCUT2D eigenvalue weighted by atomic mass is 10.1. The van der Waals surface area contributed by atoms with Crippen molar-refractivity contribution in [3.63, 3.8) is 0 Å². The van der Waals surface area contributed by atoms with Crippen molar-refractivity contribution >= 4 is 11.6 Å². The Kier molecular flexibility index (Phi) is 4.30. The van der Waals surface area contributed by atoms with E-state index in [0.29, 0.717) is 11.3 Å². The molecule has 5 heteroatoms. The van der Waals surface area contributed by atoms with E-state index in [9.17, 15) is 4.79 Å². The minimum Gasteiger partial charge on any atom is -0.324 e. The van der Waals surface area contributed by atoms with Gasteiger partial charge in [-0.3, -0.25) is 4.79 Å². The first-order chi connectivity index (χ1) is 10.2. The standard InChI is InChI=1S/C16H12N4O/c17-9-12-6-7-14(8-13(12)10-18)20-16(21)15(19)11-4-2-1-3-5-11/h1-8,15H,19H2,(H,20,21)/t15-/m0/s1. The Morgan fingerprint density at radius 1 is 1.05 bits per heavy atom. The van der Waals surface area contributed by atoms with E-state index < -0.39 is 6.04 Å². The van der Waals surface area contributed by atoms with Gasteiger partial charge in [0.05, 0.1) is 11.1 Å². The van der Waals surface area contributed by atoms with Gasteiger partial charge >= 0.3 is 0 Å². The minimum atomic E-state index is -0.799. The highest BCUT2D eigenvalue weighted by Gasteiger charge is 2.16. The third-order valence-electron chi connectivity index (χ3n) is 2.97. The summed E-state index contributed by atoms with van der Waals surface area (Å²) in [7, 11) is 0. The molecule has 0 aliphatic rings. The number of nitriles is 2. The summed E-state index contributed by atoms with van der Waals surface area (Å²) in [6, 6.07) is 16.5. The molecule has 0 aliphatic heterocycles. The van der Waals surface area contributed by atoms with E-state index in [1.807, 2.05) is 18.2 Å². The Bertz CT molecular complexity index is 741. The molecule has 5 nitrogen and oxygen atoms in total. The predicted molar refractivity (Wildman–Crippen MR) is 77.9 cm³/mol. The highest BCUT2D eigenvalue weighted by atomic mass is 16.2. The maximum absolute atomic E-state index is 12.1. The van der Waals surface area contributed by atoms with Crippen molar-refractivity contribution in [1.29, 1.82) is 10.5 Å². The first kappa shape index (κ1) is 14.3. The van der Waals surface area contributed by atoms with Crippen LogP contribution in [-0.4, -0.2) is 5.91 Å². The van der Waals surface area contributed by atoms with Gasteiger partial charge < -0.3 is 11.1 Å². The van der Waals surface area contributed by atoms with Crippen LogP contribution in [0.2, 0.25) is 0 Å². The van der Waals surface area contributed by atoms with Crippen molar-refractivity contribution in [3.8, 4) is 12.1 Å². The maximum atomic E-state index is 12.1. The second-order valence-electron chi connectivity index (χ2n) is 4.36. The number of rotatable bonds is 3. The quantitative estimate of drug-likeness (QED) is 0.895. The van der Waals surface area contributed by atoms with Gasteiger partial charge in [0.25, 0.3) is 0 Å². The van der Waals surface area contributed by atoms with Gasteiger partial charge in [-0.05, 0) is 23.8 Å². The Morgan fingerprint density at radius 2 is 1.71 bits per heavy atom. The minimum absolute atomic E-state index is 0.212. The molecule has 0 bridgehead atoms. The summed E-state index contributed by atoms with van der Waals surface area (Å²) in [5.41, 5.74) is 7.49. The molecular weight excluding hydrogens is 264 g/mol. The van der Waals surface area contributed by atoms with Crippen LogP contribution >= 0.6 is 0 Å². The molecule has 2 rings (SSSR count). The van der Waals surface area contributed by atoms with Crippen LogP contribution in [0.25, 0.3) is 0 Å². The number of benzene rings is 2. The van der Waals surface area contributed by atoms with Crippen LogP contribution in [0.15, 0.2) is 48.5 Å². The van der Waals surface area contributed by atoms with Crippen molar-refractivity contribution in [2.75, 3.05) is 5.32 Å². The van der Waals surface area contributed by atoms with E-state index >= 15 is 0 Å². The number of anilines is 1. The van der Waals surface area contributed by atoms with Crippen molar-refractivity contribution in [2.24, 2.45) is 5.73 Å². The Hall–Kier alpha value is -3.15. The third kappa shape index (κ3) is 3.24. The van der Waals surface area contributed by atoms with Gasteiger partial charge in [-0.2, -0.15) is 10.5 Å². The largest absolute Gasteiger partial charge is 0.324 e. The SMILES string of the molecule is N#Cc1ccc(NC(=O)[C@@H](N)c2ccccc2)cc1C#N. The molecule has 1 amide bonds. The number of hydrogen-bond donors (Lipinski definition) is 2. The van der Waals surface area contributed by atoms with Gasteiger partial charge in [0.2, 0.25) is 5.91 Å². The average Bonchev–Trinajstić information content (AvgIpc) is 2.54. The molecule has 0 saturated carbocycles. The van der Waals surface area contributed by atoms with Gasteiger partial charge in [0, 0.05) is 5.69 Å². The highest BCUT2D eigenvalue weighted by Crippen LogP contribution is 2.17. The van der Waals surface area contributed by atoms with Gasteiger partial charge in [0.15, 0.2) is 0 Å². The van der Waals surface area contributed by atoms with Gasteiger partial charge in [-0.1, -0.05) is 30.3 Å². The van der Waals surface area contributed by atoms with E-state index in [2.05, 4.69) is 5.32 Å². The number of carbonyl (C=O) groups is 1. The third-order valence-corrected chi connectivity index (χ3v) is 2.97. The lowest BCUT2D eigenvalue weighted by Gasteiger charge is -2.12. The molecule has 21 heavy (non-hydrogen) atoms. The smallest absolute Gasteiger partial charge is 0.245 e. The van der Waals surface area contributed by atoms with E-state index in [4.69, 9.17) is 16.3 Å². The fraction of sp³-hybridized carbons (Fsp3) is 0.0625. The average molecular weight is 276 g/mol. The van der Waals surface area contributed by atoms with Crippen LogP contribution in [-0.2, 0) is 4.79 Å². The van der Waals surface area contributed by atoms with Gasteiger partial charge in [-0.15, -0.1) is 0 Å². The van der Waals surface area contributed by atoms with Crippen LogP contribution in [0, 0.1) is 22.7 Å². The molecule has 0 radical (unpaired) electrons. The zero-order valence-electron chi connectivity index (χ0n) is 11.1. The van der Waals surface area contributed by atoms with E-state index in [1.165, 1.54) is 12.1 Å². The zero-order chi connectivity index (χ0) is 15.2.